The van der Waals surface area contributed by atoms with Crippen LogP contribution in [0, 0.1) is 11.8 Å². The first kappa shape index (κ1) is 14.3. The fourth-order valence-corrected chi connectivity index (χ4v) is 2.88. The summed E-state index contributed by atoms with van der Waals surface area (Å²) in [7, 11) is 0. The van der Waals surface area contributed by atoms with Crippen molar-refractivity contribution in [2.24, 2.45) is 11.8 Å². The summed E-state index contributed by atoms with van der Waals surface area (Å²) in [6, 6.07) is 8.02. The smallest absolute Gasteiger partial charge is 0.186 e. The van der Waals surface area contributed by atoms with Gasteiger partial charge in [0.05, 0.1) is 18.7 Å². The molecule has 1 aromatic heterocycles. The minimum atomic E-state index is 0.0359. The van der Waals surface area contributed by atoms with E-state index in [9.17, 15) is 4.79 Å². The summed E-state index contributed by atoms with van der Waals surface area (Å²) < 4.78 is 7.22. The van der Waals surface area contributed by atoms with Crippen molar-refractivity contribution in [1.82, 2.24) is 9.78 Å². The van der Waals surface area contributed by atoms with Crippen molar-refractivity contribution in [3.63, 3.8) is 0 Å². The van der Waals surface area contributed by atoms with Crippen molar-refractivity contribution in [3.05, 3.63) is 30.0 Å². The first-order valence-corrected chi connectivity index (χ1v) is 7.78. The maximum atomic E-state index is 12.6. The van der Waals surface area contributed by atoms with Crippen LogP contribution in [0.4, 0.5) is 0 Å². The molecule has 1 aliphatic heterocycles. The largest absolute Gasteiger partial charge is 0.381 e. The standard InChI is InChI=1S/C17H22N2O2/c1-3-6-12(2)17(20)16-14-7-4-5-8-15(14)19(18-16)9-13-10-21-11-13/h4-5,7-8,12-13H,3,6,9-11H2,1-2H3. The summed E-state index contributed by atoms with van der Waals surface area (Å²) in [5, 5.41) is 5.60. The number of benzene rings is 1. The number of nitrogens with zero attached hydrogens (tertiary/aromatic N) is 2. The number of carbonyl (C=O) groups excluding carboxylic acids is 1. The molecule has 0 amide bonds. The molecule has 0 bridgehead atoms. The van der Waals surface area contributed by atoms with Crippen molar-refractivity contribution in [2.45, 2.75) is 33.2 Å². The van der Waals surface area contributed by atoms with E-state index in [1.54, 1.807) is 0 Å². The number of hydrogen-bond acceptors (Lipinski definition) is 3. The van der Waals surface area contributed by atoms with Gasteiger partial charge >= 0.3 is 0 Å². The van der Waals surface area contributed by atoms with Gasteiger partial charge in [0.1, 0.15) is 5.69 Å². The van der Waals surface area contributed by atoms with E-state index in [-0.39, 0.29) is 11.7 Å². The Morgan fingerprint density at radius 1 is 1.43 bits per heavy atom. The van der Waals surface area contributed by atoms with Crippen molar-refractivity contribution in [3.8, 4) is 0 Å². The van der Waals surface area contributed by atoms with E-state index in [1.165, 1.54) is 0 Å². The number of fused-ring (bicyclic) bond motifs is 1. The molecule has 1 unspecified atom stereocenters. The Balaban J connectivity index is 1.96. The van der Waals surface area contributed by atoms with Gasteiger partial charge in [0, 0.05) is 23.8 Å². The van der Waals surface area contributed by atoms with Gasteiger partial charge in [-0.3, -0.25) is 9.48 Å². The molecular weight excluding hydrogens is 264 g/mol. The van der Waals surface area contributed by atoms with Gasteiger partial charge in [0.15, 0.2) is 5.78 Å². The Morgan fingerprint density at radius 3 is 2.86 bits per heavy atom. The number of carbonyl (C=O) groups is 1. The van der Waals surface area contributed by atoms with Gasteiger partial charge in [0.2, 0.25) is 0 Å². The number of ketones is 1. The van der Waals surface area contributed by atoms with E-state index < -0.39 is 0 Å². The van der Waals surface area contributed by atoms with Gasteiger partial charge < -0.3 is 4.74 Å². The molecule has 2 aromatic rings. The molecule has 1 atom stereocenters. The van der Waals surface area contributed by atoms with E-state index >= 15 is 0 Å². The highest BCUT2D eigenvalue weighted by Gasteiger charge is 2.24. The first-order chi connectivity index (χ1) is 10.2. The quantitative estimate of drug-likeness (QED) is 0.765. The van der Waals surface area contributed by atoms with Gasteiger partial charge in [-0.25, -0.2) is 0 Å². The Hall–Kier alpha value is -1.68. The average Bonchev–Trinajstić information content (AvgIpc) is 2.81. The molecule has 21 heavy (non-hydrogen) atoms. The van der Waals surface area contributed by atoms with Crippen LogP contribution in [-0.2, 0) is 11.3 Å². The Kier molecular flexibility index (Phi) is 4.06. The van der Waals surface area contributed by atoms with E-state index in [4.69, 9.17) is 4.74 Å². The van der Waals surface area contributed by atoms with Crippen LogP contribution in [0.1, 0.15) is 37.2 Å². The number of ether oxygens (including phenoxy) is 1. The van der Waals surface area contributed by atoms with Gasteiger partial charge in [-0.1, -0.05) is 38.5 Å². The zero-order chi connectivity index (χ0) is 14.8. The summed E-state index contributed by atoms with van der Waals surface area (Å²) in [5.41, 5.74) is 1.68. The zero-order valence-corrected chi connectivity index (χ0v) is 12.7. The van der Waals surface area contributed by atoms with Crippen LogP contribution in [0.15, 0.2) is 24.3 Å². The van der Waals surface area contributed by atoms with Crippen LogP contribution in [0.3, 0.4) is 0 Å². The third-order valence-electron chi connectivity index (χ3n) is 4.20. The number of para-hydroxylation sites is 1. The highest BCUT2D eigenvalue weighted by atomic mass is 16.5. The second-order valence-corrected chi connectivity index (χ2v) is 6.01. The zero-order valence-electron chi connectivity index (χ0n) is 12.7. The average molecular weight is 286 g/mol. The van der Waals surface area contributed by atoms with Crippen LogP contribution in [-0.4, -0.2) is 28.8 Å². The third-order valence-corrected chi connectivity index (χ3v) is 4.20. The van der Waals surface area contributed by atoms with Crippen molar-refractivity contribution in [1.29, 1.82) is 0 Å². The molecule has 0 saturated carbocycles. The molecule has 2 heterocycles. The number of hydrogen-bond donors (Lipinski definition) is 0. The van der Waals surface area contributed by atoms with E-state index in [0.717, 1.165) is 43.5 Å². The minimum absolute atomic E-state index is 0.0359. The molecule has 4 nitrogen and oxygen atoms in total. The molecule has 1 aliphatic rings. The fraction of sp³-hybridized carbons (Fsp3) is 0.529. The van der Waals surface area contributed by atoms with Crippen LogP contribution in [0.5, 0.6) is 0 Å². The SMILES string of the molecule is CCCC(C)C(=O)c1nn(CC2COC2)c2ccccc12. The summed E-state index contributed by atoms with van der Waals surface area (Å²) in [6.07, 6.45) is 1.93. The van der Waals surface area contributed by atoms with E-state index in [2.05, 4.69) is 12.0 Å². The summed E-state index contributed by atoms with van der Waals surface area (Å²) in [4.78, 5) is 12.6. The molecule has 1 saturated heterocycles. The van der Waals surface area contributed by atoms with Crippen LogP contribution in [0.25, 0.3) is 10.9 Å². The molecule has 3 rings (SSSR count). The Labute approximate surface area is 125 Å². The molecule has 112 valence electrons. The van der Waals surface area contributed by atoms with Crippen LogP contribution in [0.2, 0.25) is 0 Å². The molecule has 0 spiro atoms. The Bertz CT molecular complexity index is 643. The lowest BCUT2D eigenvalue weighted by Gasteiger charge is -2.25. The van der Waals surface area contributed by atoms with Crippen LogP contribution >= 0.6 is 0 Å². The minimum Gasteiger partial charge on any atom is -0.381 e. The third kappa shape index (κ3) is 2.72. The Morgan fingerprint density at radius 2 is 2.19 bits per heavy atom. The lowest BCUT2D eigenvalue weighted by atomic mass is 9.97. The predicted molar refractivity (Wildman–Crippen MR) is 82.4 cm³/mol. The summed E-state index contributed by atoms with van der Waals surface area (Å²) in [6.45, 7) is 6.53. The van der Waals surface area contributed by atoms with Crippen LogP contribution < -0.4 is 0 Å². The monoisotopic (exact) mass is 286 g/mol. The molecule has 1 aromatic carbocycles. The molecule has 0 radical (unpaired) electrons. The maximum Gasteiger partial charge on any atom is 0.186 e. The molecule has 0 N–H and O–H groups in total. The first-order valence-electron chi connectivity index (χ1n) is 7.78. The van der Waals surface area contributed by atoms with Crippen molar-refractivity contribution >= 4 is 16.7 Å². The number of Topliss-reactive ketones (excluding diaryl/α,β-unsaturated/α-hetero) is 1. The number of aromatic nitrogens is 2. The lowest BCUT2D eigenvalue weighted by molar-refractivity contribution is -0.0403. The topological polar surface area (TPSA) is 44.1 Å². The molecular formula is C17H22N2O2. The van der Waals surface area contributed by atoms with Gasteiger partial charge in [-0.05, 0) is 12.5 Å². The van der Waals surface area contributed by atoms with Gasteiger partial charge in [-0.15, -0.1) is 0 Å². The van der Waals surface area contributed by atoms with Crippen molar-refractivity contribution in [2.75, 3.05) is 13.2 Å². The molecule has 0 aliphatic carbocycles. The fourth-order valence-electron chi connectivity index (χ4n) is 2.88. The highest BCUT2D eigenvalue weighted by Crippen LogP contribution is 2.24. The highest BCUT2D eigenvalue weighted by molar-refractivity contribution is 6.06. The van der Waals surface area contributed by atoms with E-state index in [0.29, 0.717) is 11.6 Å². The summed E-state index contributed by atoms with van der Waals surface area (Å²) >= 11 is 0. The maximum absolute atomic E-state index is 12.6. The second-order valence-electron chi connectivity index (χ2n) is 6.01. The van der Waals surface area contributed by atoms with Gasteiger partial charge in [-0.2, -0.15) is 5.10 Å². The summed E-state index contributed by atoms with van der Waals surface area (Å²) in [5.74, 6) is 0.717. The van der Waals surface area contributed by atoms with Crippen molar-refractivity contribution < 1.29 is 9.53 Å². The van der Waals surface area contributed by atoms with Gasteiger partial charge in [0.25, 0.3) is 0 Å². The van der Waals surface area contributed by atoms with E-state index in [1.807, 2.05) is 35.9 Å². The predicted octanol–water partition coefficient (Wildman–Crippen LogP) is 3.30. The number of rotatable bonds is 6. The molecule has 1 fully saturated rings. The lowest BCUT2D eigenvalue weighted by Crippen LogP contribution is -2.31. The molecule has 4 heteroatoms. The second kappa shape index (κ2) is 5.98. The normalized spacial score (nSPS) is 16.9.